The van der Waals surface area contributed by atoms with Gasteiger partial charge < -0.3 is 13.8 Å². The summed E-state index contributed by atoms with van der Waals surface area (Å²) in [6, 6.07) is 14.2. The molecule has 0 saturated heterocycles. The van der Waals surface area contributed by atoms with Crippen LogP contribution in [0.4, 0.5) is 5.69 Å². The number of aryl methyl sites for hydroxylation is 1. The molecule has 0 aliphatic rings. The van der Waals surface area contributed by atoms with Crippen LogP contribution < -0.4 is 13.8 Å². The molecule has 0 aliphatic carbocycles. The first-order valence-corrected chi connectivity index (χ1v) is 7.70. The Kier molecular flexibility index (Phi) is 5.39. The van der Waals surface area contributed by atoms with Crippen molar-refractivity contribution in [2.45, 2.75) is 18.7 Å². The topological polar surface area (TPSA) is 21.7 Å². The Morgan fingerprint density at radius 1 is 1.05 bits per heavy atom. The van der Waals surface area contributed by atoms with E-state index in [1.807, 2.05) is 18.2 Å². The summed E-state index contributed by atoms with van der Waals surface area (Å²) in [6.07, 6.45) is 0. The second-order valence-corrected chi connectivity index (χ2v) is 5.65. The highest BCUT2D eigenvalue weighted by Crippen LogP contribution is 2.38. The van der Waals surface area contributed by atoms with Crippen LogP contribution in [0.5, 0.6) is 11.5 Å². The molecular formula is C17H21NO2S. The summed E-state index contributed by atoms with van der Waals surface area (Å²) in [6.45, 7) is 5.12. The first-order chi connectivity index (χ1) is 10.2. The van der Waals surface area contributed by atoms with Gasteiger partial charge in [0.25, 0.3) is 0 Å². The van der Waals surface area contributed by atoms with Gasteiger partial charge in [-0.05, 0) is 49.6 Å². The fourth-order valence-corrected chi connectivity index (χ4v) is 3.01. The molecule has 0 radical (unpaired) electrons. The molecule has 0 unspecified atom stereocenters. The van der Waals surface area contributed by atoms with E-state index in [9.17, 15) is 0 Å². The third-order valence-electron chi connectivity index (χ3n) is 3.24. The van der Waals surface area contributed by atoms with Crippen molar-refractivity contribution in [2.75, 3.05) is 25.1 Å². The molecule has 2 aromatic carbocycles. The number of hydrogen-bond acceptors (Lipinski definition) is 4. The van der Waals surface area contributed by atoms with Gasteiger partial charge in [-0.15, -0.1) is 0 Å². The summed E-state index contributed by atoms with van der Waals surface area (Å²) >= 11 is 1.71. The standard InChI is InChI=1S/C17H21NO2S/c1-5-18(21-17-9-7-6-8-13(17)2)15-12-14(19-3)10-11-16(15)20-4/h6-12H,5H2,1-4H3. The van der Waals surface area contributed by atoms with Crippen LogP contribution in [0, 0.1) is 6.92 Å². The molecule has 0 aromatic heterocycles. The summed E-state index contributed by atoms with van der Waals surface area (Å²) in [5.41, 5.74) is 2.29. The molecule has 0 N–H and O–H groups in total. The number of ether oxygens (including phenoxy) is 2. The number of nitrogens with zero attached hydrogens (tertiary/aromatic N) is 1. The van der Waals surface area contributed by atoms with Crippen molar-refractivity contribution in [1.29, 1.82) is 0 Å². The SMILES string of the molecule is CCN(Sc1ccccc1C)c1cc(OC)ccc1OC. The van der Waals surface area contributed by atoms with E-state index in [0.29, 0.717) is 0 Å². The van der Waals surface area contributed by atoms with E-state index in [1.165, 1.54) is 10.5 Å². The molecule has 4 heteroatoms. The first kappa shape index (κ1) is 15.6. The van der Waals surface area contributed by atoms with Gasteiger partial charge >= 0.3 is 0 Å². The lowest BCUT2D eigenvalue weighted by atomic mass is 10.2. The highest BCUT2D eigenvalue weighted by molar-refractivity contribution is 8.00. The van der Waals surface area contributed by atoms with E-state index in [0.717, 1.165) is 23.7 Å². The van der Waals surface area contributed by atoms with Gasteiger partial charge in [0.1, 0.15) is 11.5 Å². The van der Waals surface area contributed by atoms with Gasteiger partial charge in [-0.25, -0.2) is 0 Å². The number of methoxy groups -OCH3 is 2. The average Bonchev–Trinajstić information content (AvgIpc) is 2.53. The Morgan fingerprint density at radius 2 is 1.81 bits per heavy atom. The van der Waals surface area contributed by atoms with E-state index in [4.69, 9.17) is 9.47 Å². The van der Waals surface area contributed by atoms with E-state index in [2.05, 4.69) is 42.4 Å². The van der Waals surface area contributed by atoms with Gasteiger partial charge in [0, 0.05) is 17.5 Å². The number of anilines is 1. The molecule has 0 spiro atoms. The Morgan fingerprint density at radius 3 is 2.43 bits per heavy atom. The lowest BCUT2D eigenvalue weighted by Crippen LogP contribution is -2.14. The molecule has 3 nitrogen and oxygen atoms in total. The van der Waals surface area contributed by atoms with Crippen molar-refractivity contribution in [2.24, 2.45) is 0 Å². The van der Waals surface area contributed by atoms with Gasteiger partial charge in [0.05, 0.1) is 19.9 Å². The van der Waals surface area contributed by atoms with Gasteiger partial charge in [0.15, 0.2) is 0 Å². The van der Waals surface area contributed by atoms with Crippen molar-refractivity contribution in [3.05, 3.63) is 48.0 Å². The average molecular weight is 303 g/mol. The Labute approximate surface area is 131 Å². The molecule has 112 valence electrons. The van der Waals surface area contributed by atoms with Crippen molar-refractivity contribution >= 4 is 17.6 Å². The van der Waals surface area contributed by atoms with Gasteiger partial charge in [0.2, 0.25) is 0 Å². The lowest BCUT2D eigenvalue weighted by molar-refractivity contribution is 0.404. The second kappa shape index (κ2) is 7.27. The monoisotopic (exact) mass is 303 g/mol. The van der Waals surface area contributed by atoms with Gasteiger partial charge in [-0.1, -0.05) is 18.2 Å². The molecule has 0 bridgehead atoms. The zero-order chi connectivity index (χ0) is 15.2. The number of benzene rings is 2. The van der Waals surface area contributed by atoms with Crippen LogP contribution in [0.2, 0.25) is 0 Å². The second-order valence-electron chi connectivity index (χ2n) is 4.59. The molecule has 0 atom stereocenters. The first-order valence-electron chi connectivity index (χ1n) is 6.92. The predicted octanol–water partition coefficient (Wildman–Crippen LogP) is 4.55. The Hall–Kier alpha value is -1.81. The fourth-order valence-electron chi connectivity index (χ4n) is 2.05. The predicted molar refractivity (Wildman–Crippen MR) is 89.6 cm³/mol. The summed E-state index contributed by atoms with van der Waals surface area (Å²) < 4.78 is 13.0. The van der Waals surface area contributed by atoms with E-state index in [-0.39, 0.29) is 0 Å². The highest BCUT2D eigenvalue weighted by atomic mass is 32.2. The van der Waals surface area contributed by atoms with Crippen LogP contribution in [0.25, 0.3) is 0 Å². The summed E-state index contributed by atoms with van der Waals surface area (Å²) in [5.74, 6) is 1.67. The van der Waals surface area contributed by atoms with Crippen LogP contribution >= 0.6 is 11.9 Å². The van der Waals surface area contributed by atoms with Gasteiger partial charge in [-0.2, -0.15) is 0 Å². The van der Waals surface area contributed by atoms with Crippen molar-refractivity contribution in [3.8, 4) is 11.5 Å². The zero-order valence-electron chi connectivity index (χ0n) is 12.9. The molecule has 0 saturated carbocycles. The van der Waals surface area contributed by atoms with Crippen LogP contribution in [0.3, 0.4) is 0 Å². The molecule has 0 heterocycles. The summed E-state index contributed by atoms with van der Waals surface area (Å²) in [5, 5.41) is 0. The molecule has 0 fully saturated rings. The van der Waals surface area contributed by atoms with E-state index in [1.54, 1.807) is 26.2 Å². The minimum Gasteiger partial charge on any atom is -0.497 e. The third kappa shape index (κ3) is 3.64. The summed E-state index contributed by atoms with van der Waals surface area (Å²) in [7, 11) is 3.37. The van der Waals surface area contributed by atoms with Gasteiger partial charge in [-0.3, -0.25) is 0 Å². The number of hydrogen-bond donors (Lipinski definition) is 0. The van der Waals surface area contributed by atoms with Crippen LogP contribution in [0.1, 0.15) is 12.5 Å². The Balaban J connectivity index is 2.34. The maximum atomic E-state index is 5.49. The third-order valence-corrected chi connectivity index (χ3v) is 4.57. The largest absolute Gasteiger partial charge is 0.497 e. The summed E-state index contributed by atoms with van der Waals surface area (Å²) in [4.78, 5) is 1.24. The minimum atomic E-state index is 0.828. The molecule has 0 aliphatic heterocycles. The van der Waals surface area contributed by atoms with E-state index < -0.39 is 0 Å². The maximum Gasteiger partial charge on any atom is 0.143 e. The molecule has 2 rings (SSSR count). The minimum absolute atomic E-state index is 0.828. The molecule has 0 amide bonds. The molecule has 2 aromatic rings. The maximum absolute atomic E-state index is 5.49. The lowest BCUT2D eigenvalue weighted by Gasteiger charge is -2.24. The smallest absolute Gasteiger partial charge is 0.143 e. The zero-order valence-corrected chi connectivity index (χ0v) is 13.7. The highest BCUT2D eigenvalue weighted by Gasteiger charge is 2.14. The van der Waals surface area contributed by atoms with Crippen LogP contribution in [-0.4, -0.2) is 20.8 Å². The van der Waals surface area contributed by atoms with E-state index >= 15 is 0 Å². The van der Waals surface area contributed by atoms with Crippen LogP contribution in [-0.2, 0) is 0 Å². The molecule has 21 heavy (non-hydrogen) atoms. The van der Waals surface area contributed by atoms with Crippen molar-refractivity contribution < 1.29 is 9.47 Å². The quantitative estimate of drug-likeness (QED) is 0.730. The molecular weight excluding hydrogens is 282 g/mol. The normalized spacial score (nSPS) is 10.3. The Bertz CT molecular complexity index is 601. The van der Waals surface area contributed by atoms with Crippen LogP contribution in [0.15, 0.2) is 47.4 Å². The van der Waals surface area contributed by atoms with Crippen molar-refractivity contribution in [1.82, 2.24) is 0 Å². The van der Waals surface area contributed by atoms with Crippen molar-refractivity contribution in [3.63, 3.8) is 0 Å². The fraction of sp³-hybridized carbons (Fsp3) is 0.294. The number of rotatable bonds is 6.